The van der Waals surface area contributed by atoms with Gasteiger partial charge in [0.25, 0.3) is 0 Å². The molecule has 6 aromatic rings. The van der Waals surface area contributed by atoms with Crippen molar-refractivity contribution in [3.05, 3.63) is 146 Å². The third kappa shape index (κ3) is 6.74. The van der Waals surface area contributed by atoms with Crippen molar-refractivity contribution in [2.75, 3.05) is 26.2 Å². The Labute approximate surface area is 302 Å². The molecule has 6 nitrogen and oxygen atoms in total. The van der Waals surface area contributed by atoms with Crippen molar-refractivity contribution in [3.63, 3.8) is 0 Å². The minimum atomic E-state index is -0.248. The molecular formula is C45H48N4O2. The van der Waals surface area contributed by atoms with Crippen molar-refractivity contribution >= 4 is 32.3 Å². The molecule has 0 spiro atoms. The Kier molecular flexibility index (Phi) is 10.4. The number of ether oxygens (including phenoxy) is 2. The molecule has 0 radical (unpaired) electrons. The minimum absolute atomic E-state index is 0. The molecule has 3 heterocycles. The summed E-state index contributed by atoms with van der Waals surface area (Å²) in [6, 6.07) is 38.7. The number of benzene rings is 5. The highest BCUT2D eigenvalue weighted by Gasteiger charge is 2.37. The zero-order valence-electron chi connectivity index (χ0n) is 28.5. The molecule has 0 saturated carbocycles. The predicted octanol–water partition coefficient (Wildman–Crippen LogP) is 10.1. The summed E-state index contributed by atoms with van der Waals surface area (Å²) in [7, 11) is 0. The molecule has 8 rings (SSSR count). The normalized spacial score (nSPS) is 19.1. The van der Waals surface area contributed by atoms with Gasteiger partial charge in [-0.15, -0.1) is 23.4 Å². The zero-order chi connectivity index (χ0) is 33.9. The van der Waals surface area contributed by atoms with E-state index in [1.54, 1.807) is 0 Å². The van der Waals surface area contributed by atoms with E-state index in [2.05, 4.69) is 120 Å². The molecule has 260 valence electrons. The molecule has 5 aromatic carbocycles. The fraction of sp³-hybridized carbons (Fsp3) is 0.289. The Morgan fingerprint density at radius 2 is 0.961 bits per heavy atom. The Balaban J connectivity index is 0.00000406. The van der Waals surface area contributed by atoms with Crippen LogP contribution >= 0.6 is 0 Å². The molecule has 2 aliphatic heterocycles. The fourth-order valence-electron chi connectivity index (χ4n) is 8.34. The van der Waals surface area contributed by atoms with Gasteiger partial charge in [0.05, 0.1) is 22.9 Å². The van der Waals surface area contributed by atoms with Gasteiger partial charge in [-0.1, -0.05) is 117 Å². The van der Waals surface area contributed by atoms with Gasteiger partial charge in [0, 0.05) is 24.2 Å². The van der Waals surface area contributed by atoms with Gasteiger partial charge < -0.3 is 9.47 Å². The standard InChI is InChI=1S/C44H44N4O2.CH4/c1-3-27-47-29-13-25-39(47)41(35-23-11-17-31-15-5-7-19-33(31)35)49-43-37-21-9-10-22-38(37)44(46-45-43)50-42(40-26-14-30-48(40)28-4-2)36-24-12-18-32-16-6-8-20-34(32)36;/h3-12,15-24,39-42H,1-2,13-14,25-30H2;1H4/t39-,40-,41+,42+;/m0./s1. The number of hydrogen-bond acceptors (Lipinski definition) is 6. The molecule has 0 aliphatic carbocycles. The van der Waals surface area contributed by atoms with Gasteiger partial charge in [-0.3, -0.25) is 9.80 Å². The third-order valence-electron chi connectivity index (χ3n) is 10.6. The molecule has 51 heavy (non-hydrogen) atoms. The van der Waals surface area contributed by atoms with E-state index in [9.17, 15) is 0 Å². The van der Waals surface area contributed by atoms with E-state index >= 15 is 0 Å². The largest absolute Gasteiger partial charge is 0.466 e. The summed E-state index contributed by atoms with van der Waals surface area (Å²) in [5.41, 5.74) is 2.32. The van der Waals surface area contributed by atoms with E-state index in [0.717, 1.165) is 73.8 Å². The topological polar surface area (TPSA) is 50.7 Å². The third-order valence-corrected chi connectivity index (χ3v) is 10.6. The lowest BCUT2D eigenvalue weighted by molar-refractivity contribution is 0.0908. The van der Waals surface area contributed by atoms with E-state index in [4.69, 9.17) is 19.7 Å². The second-order valence-corrected chi connectivity index (χ2v) is 13.6. The van der Waals surface area contributed by atoms with Crippen molar-refractivity contribution in [2.45, 2.75) is 57.4 Å². The minimum Gasteiger partial charge on any atom is -0.466 e. The van der Waals surface area contributed by atoms with Crippen LogP contribution in [0.3, 0.4) is 0 Å². The fourth-order valence-corrected chi connectivity index (χ4v) is 8.34. The maximum atomic E-state index is 7.11. The highest BCUT2D eigenvalue weighted by atomic mass is 16.5. The van der Waals surface area contributed by atoms with Crippen molar-refractivity contribution in [3.8, 4) is 11.8 Å². The van der Waals surface area contributed by atoms with Crippen LogP contribution < -0.4 is 9.47 Å². The maximum absolute atomic E-state index is 7.11. The monoisotopic (exact) mass is 676 g/mol. The van der Waals surface area contributed by atoms with E-state index in [1.807, 2.05) is 24.3 Å². The molecule has 1 aromatic heterocycles. The highest BCUT2D eigenvalue weighted by Crippen LogP contribution is 2.41. The lowest BCUT2D eigenvalue weighted by atomic mass is 9.94. The first-order chi connectivity index (χ1) is 24.7. The highest BCUT2D eigenvalue weighted by molar-refractivity contribution is 5.91. The molecule has 2 saturated heterocycles. The molecule has 4 atom stereocenters. The van der Waals surface area contributed by atoms with Gasteiger partial charge >= 0.3 is 0 Å². The number of hydrogen-bond donors (Lipinski definition) is 0. The first-order valence-corrected chi connectivity index (χ1v) is 18.0. The zero-order valence-corrected chi connectivity index (χ0v) is 28.5. The Hall–Kier alpha value is -5.04. The summed E-state index contributed by atoms with van der Waals surface area (Å²) in [4.78, 5) is 4.97. The van der Waals surface area contributed by atoms with Crippen molar-refractivity contribution in [1.82, 2.24) is 20.0 Å². The Bertz CT molecular complexity index is 1980. The predicted molar refractivity (Wildman–Crippen MR) is 210 cm³/mol. The molecule has 0 amide bonds. The Morgan fingerprint density at radius 3 is 1.39 bits per heavy atom. The second-order valence-electron chi connectivity index (χ2n) is 13.6. The molecule has 0 N–H and O–H groups in total. The number of aromatic nitrogens is 2. The summed E-state index contributed by atoms with van der Waals surface area (Å²) in [6.45, 7) is 11.8. The molecule has 6 heteroatoms. The lowest BCUT2D eigenvalue weighted by Gasteiger charge is -2.33. The molecule has 2 aliphatic rings. The van der Waals surface area contributed by atoms with E-state index in [1.165, 1.54) is 21.5 Å². The summed E-state index contributed by atoms with van der Waals surface area (Å²) < 4.78 is 14.2. The van der Waals surface area contributed by atoms with Crippen LogP contribution in [0.25, 0.3) is 32.3 Å². The van der Waals surface area contributed by atoms with Crippen LogP contribution in [-0.2, 0) is 0 Å². The first kappa shape index (κ1) is 34.4. The van der Waals surface area contributed by atoms with Crippen LogP contribution in [0.15, 0.2) is 135 Å². The van der Waals surface area contributed by atoms with Gasteiger partial charge in [0.15, 0.2) is 0 Å². The summed E-state index contributed by atoms with van der Waals surface area (Å²) in [6.07, 6.45) is 7.78. The smallest absolute Gasteiger partial charge is 0.242 e. The van der Waals surface area contributed by atoms with Gasteiger partial charge in [-0.2, -0.15) is 0 Å². The van der Waals surface area contributed by atoms with Gasteiger partial charge in [0.2, 0.25) is 11.8 Å². The van der Waals surface area contributed by atoms with E-state index in [0.29, 0.717) is 11.8 Å². The van der Waals surface area contributed by atoms with Gasteiger partial charge in [-0.25, -0.2) is 0 Å². The number of fused-ring (bicyclic) bond motifs is 3. The quantitative estimate of drug-likeness (QED) is 0.120. The van der Waals surface area contributed by atoms with Crippen LogP contribution in [0.1, 0.15) is 56.4 Å². The van der Waals surface area contributed by atoms with Crippen LogP contribution in [-0.4, -0.2) is 58.3 Å². The van der Waals surface area contributed by atoms with Crippen LogP contribution in [0.5, 0.6) is 11.8 Å². The summed E-state index contributed by atoms with van der Waals surface area (Å²) >= 11 is 0. The second kappa shape index (κ2) is 15.5. The number of likely N-dealkylation sites (tertiary alicyclic amines) is 2. The van der Waals surface area contributed by atoms with Crippen LogP contribution in [0.4, 0.5) is 0 Å². The SMILES string of the molecule is C.C=CCN1CCC[C@H]1[C@H](Oc1nnc(O[C@H](c2cccc3ccccc23)[C@@H]2CCCN2CC=C)c2ccccc12)c1cccc2ccccc12. The Morgan fingerprint density at radius 1 is 0.569 bits per heavy atom. The van der Waals surface area contributed by atoms with Crippen LogP contribution in [0, 0.1) is 0 Å². The number of rotatable bonds is 12. The van der Waals surface area contributed by atoms with Crippen molar-refractivity contribution < 1.29 is 9.47 Å². The van der Waals surface area contributed by atoms with Crippen LogP contribution in [0.2, 0.25) is 0 Å². The molecular weight excluding hydrogens is 629 g/mol. The average Bonchev–Trinajstić information content (AvgIpc) is 3.83. The summed E-state index contributed by atoms with van der Waals surface area (Å²) in [5, 5.41) is 16.2. The molecule has 2 fully saturated rings. The molecule has 0 bridgehead atoms. The average molecular weight is 677 g/mol. The van der Waals surface area contributed by atoms with Gasteiger partial charge in [0.1, 0.15) is 12.2 Å². The van der Waals surface area contributed by atoms with Crippen molar-refractivity contribution in [2.24, 2.45) is 0 Å². The number of nitrogens with zero attached hydrogens (tertiary/aromatic N) is 4. The van der Waals surface area contributed by atoms with E-state index in [-0.39, 0.29) is 31.7 Å². The molecule has 0 unspecified atom stereocenters. The van der Waals surface area contributed by atoms with Crippen molar-refractivity contribution in [1.29, 1.82) is 0 Å². The van der Waals surface area contributed by atoms with Gasteiger partial charge in [-0.05, 0) is 72.5 Å². The summed E-state index contributed by atoms with van der Waals surface area (Å²) in [5.74, 6) is 1.04. The lowest BCUT2D eigenvalue weighted by Crippen LogP contribution is -2.37. The van der Waals surface area contributed by atoms with E-state index < -0.39 is 0 Å². The first-order valence-electron chi connectivity index (χ1n) is 18.0. The maximum Gasteiger partial charge on any atom is 0.242 e.